The van der Waals surface area contributed by atoms with E-state index in [1.807, 2.05) is 18.2 Å². The third kappa shape index (κ3) is 6.13. The smallest absolute Gasteiger partial charge is 0.191 e. The quantitative estimate of drug-likeness (QED) is 0.190. The van der Waals surface area contributed by atoms with Crippen LogP contribution in [0.1, 0.15) is 23.9 Å². The van der Waals surface area contributed by atoms with Crippen molar-refractivity contribution in [2.75, 3.05) is 19.3 Å². The van der Waals surface area contributed by atoms with E-state index in [4.69, 9.17) is 4.99 Å². The number of benzene rings is 2. The number of aromatic amines is 1. The molecule has 5 nitrogen and oxygen atoms in total. The molecule has 0 saturated heterocycles. The van der Waals surface area contributed by atoms with Gasteiger partial charge in [-0.25, -0.2) is 9.98 Å². The van der Waals surface area contributed by atoms with E-state index in [-0.39, 0.29) is 24.0 Å². The minimum atomic E-state index is 0. The molecule has 0 aliphatic heterocycles. The molecule has 3 N–H and O–H groups in total. The predicted octanol–water partition coefficient (Wildman–Crippen LogP) is 4.51. The Morgan fingerprint density at radius 2 is 2.00 bits per heavy atom. The number of aryl methyl sites for hydroxylation is 1. The Morgan fingerprint density at radius 1 is 1.18 bits per heavy atom. The van der Waals surface area contributed by atoms with Gasteiger partial charge in [0.05, 0.1) is 17.6 Å². The Labute approximate surface area is 188 Å². The number of thioether (sulfide) groups is 1. The highest BCUT2D eigenvalue weighted by Gasteiger charge is 2.05. The number of halogens is 1. The van der Waals surface area contributed by atoms with E-state index in [9.17, 15) is 0 Å². The van der Waals surface area contributed by atoms with Crippen molar-refractivity contribution in [3.05, 3.63) is 59.4 Å². The summed E-state index contributed by atoms with van der Waals surface area (Å²) >= 11 is 1.77. The molecule has 2 aromatic carbocycles. The fourth-order valence-electron chi connectivity index (χ4n) is 2.91. The first-order valence-electron chi connectivity index (χ1n) is 9.29. The van der Waals surface area contributed by atoms with Gasteiger partial charge in [0.25, 0.3) is 0 Å². The van der Waals surface area contributed by atoms with Gasteiger partial charge in [-0.15, -0.1) is 35.7 Å². The van der Waals surface area contributed by atoms with Gasteiger partial charge < -0.3 is 15.6 Å². The number of nitrogens with zero attached hydrogens (tertiary/aromatic N) is 2. The summed E-state index contributed by atoms with van der Waals surface area (Å²) in [6.07, 6.45) is 2.93. The molecule has 0 bridgehead atoms. The Morgan fingerprint density at radius 3 is 2.75 bits per heavy atom. The van der Waals surface area contributed by atoms with Crippen LogP contribution in [0.4, 0.5) is 0 Å². The average molecular weight is 509 g/mol. The molecule has 28 heavy (non-hydrogen) atoms. The molecule has 0 unspecified atom stereocenters. The lowest BCUT2D eigenvalue weighted by Crippen LogP contribution is -2.38. The normalized spacial score (nSPS) is 11.3. The largest absolute Gasteiger partial charge is 0.357 e. The molecule has 0 atom stereocenters. The van der Waals surface area contributed by atoms with Crippen molar-refractivity contribution in [1.29, 1.82) is 0 Å². The summed E-state index contributed by atoms with van der Waals surface area (Å²) in [7, 11) is 0. The maximum absolute atomic E-state index is 4.75. The van der Waals surface area contributed by atoms with Crippen molar-refractivity contribution in [1.82, 2.24) is 20.6 Å². The Kier molecular flexibility index (Phi) is 9.11. The van der Waals surface area contributed by atoms with Crippen molar-refractivity contribution < 1.29 is 0 Å². The maximum atomic E-state index is 4.75. The van der Waals surface area contributed by atoms with E-state index in [0.29, 0.717) is 6.54 Å². The highest BCUT2D eigenvalue weighted by molar-refractivity contribution is 14.0. The number of fused-ring (bicyclic) bond motifs is 1. The summed E-state index contributed by atoms with van der Waals surface area (Å²) in [5.41, 5.74) is 4.62. The molecule has 0 aliphatic rings. The summed E-state index contributed by atoms with van der Waals surface area (Å²) in [6.45, 7) is 6.47. The summed E-state index contributed by atoms with van der Waals surface area (Å²) < 4.78 is 0. The number of H-pyrrole nitrogens is 1. The zero-order chi connectivity index (χ0) is 19.1. The fourth-order valence-corrected chi connectivity index (χ4v) is 3.61. The van der Waals surface area contributed by atoms with Crippen LogP contribution in [0.15, 0.2) is 52.4 Å². The van der Waals surface area contributed by atoms with E-state index < -0.39 is 0 Å². The van der Waals surface area contributed by atoms with Crippen molar-refractivity contribution in [2.24, 2.45) is 4.99 Å². The number of guanidine groups is 1. The highest BCUT2D eigenvalue weighted by Crippen LogP contribution is 2.22. The first-order valence-corrected chi connectivity index (χ1v) is 10.5. The van der Waals surface area contributed by atoms with Gasteiger partial charge in [0, 0.05) is 24.4 Å². The number of hydrogen-bond acceptors (Lipinski definition) is 3. The molecule has 1 aromatic heterocycles. The Balaban J connectivity index is 0.00000280. The van der Waals surface area contributed by atoms with Crippen LogP contribution >= 0.6 is 35.7 Å². The topological polar surface area (TPSA) is 65.1 Å². The van der Waals surface area contributed by atoms with Gasteiger partial charge in [0.2, 0.25) is 0 Å². The minimum absolute atomic E-state index is 0. The molecule has 0 spiro atoms. The van der Waals surface area contributed by atoms with Gasteiger partial charge in [0.1, 0.15) is 5.82 Å². The molecule has 0 amide bonds. The van der Waals surface area contributed by atoms with Crippen molar-refractivity contribution in [3.8, 4) is 0 Å². The molecule has 0 aliphatic carbocycles. The van der Waals surface area contributed by atoms with E-state index in [1.165, 1.54) is 16.0 Å². The third-order valence-corrected chi connectivity index (χ3v) is 5.11. The molecule has 150 valence electrons. The van der Waals surface area contributed by atoms with Gasteiger partial charge in [-0.1, -0.05) is 24.3 Å². The van der Waals surface area contributed by atoms with Crippen molar-refractivity contribution in [2.45, 2.75) is 31.7 Å². The first-order chi connectivity index (χ1) is 13.2. The highest BCUT2D eigenvalue weighted by atomic mass is 127. The molecule has 0 fully saturated rings. The second-order valence-electron chi connectivity index (χ2n) is 6.39. The summed E-state index contributed by atoms with van der Waals surface area (Å²) in [6, 6.07) is 14.6. The lowest BCUT2D eigenvalue weighted by atomic mass is 10.1. The zero-order valence-corrected chi connectivity index (χ0v) is 19.7. The van der Waals surface area contributed by atoms with Gasteiger partial charge >= 0.3 is 0 Å². The first kappa shape index (κ1) is 22.5. The predicted molar refractivity (Wildman–Crippen MR) is 131 cm³/mol. The van der Waals surface area contributed by atoms with Gasteiger partial charge in [0.15, 0.2) is 5.96 Å². The molecule has 3 rings (SSSR count). The van der Waals surface area contributed by atoms with E-state index in [0.717, 1.165) is 42.3 Å². The number of hydrogen-bond donors (Lipinski definition) is 3. The van der Waals surface area contributed by atoms with Gasteiger partial charge in [-0.05, 0) is 49.4 Å². The van der Waals surface area contributed by atoms with Crippen LogP contribution in [0, 0.1) is 6.92 Å². The SMILES string of the molecule is CCNC(=NCc1ccc(C)cc1SC)NCCc1nc2ccccc2[nH]1.I. The minimum Gasteiger partial charge on any atom is -0.357 e. The molecule has 3 aromatic rings. The summed E-state index contributed by atoms with van der Waals surface area (Å²) in [5.74, 6) is 1.82. The zero-order valence-electron chi connectivity index (χ0n) is 16.6. The summed E-state index contributed by atoms with van der Waals surface area (Å²) in [5, 5.41) is 6.72. The average Bonchev–Trinajstić information content (AvgIpc) is 3.09. The number of imidazole rings is 1. The van der Waals surface area contributed by atoms with Crippen LogP contribution in [0.3, 0.4) is 0 Å². The third-order valence-electron chi connectivity index (χ3n) is 4.29. The van der Waals surface area contributed by atoms with Gasteiger partial charge in [-0.2, -0.15) is 0 Å². The van der Waals surface area contributed by atoms with Crippen LogP contribution in [0.25, 0.3) is 11.0 Å². The fraction of sp³-hybridized carbons (Fsp3) is 0.333. The standard InChI is InChI=1S/C21H27N5S.HI/c1-4-22-21(24-14-16-10-9-15(2)13-19(16)27-3)23-12-11-20-25-17-7-5-6-8-18(17)26-20;/h5-10,13H,4,11-12,14H2,1-3H3,(H,25,26)(H2,22,23,24);1H. The second kappa shape index (κ2) is 11.3. The monoisotopic (exact) mass is 509 g/mol. The number of rotatable bonds is 7. The number of nitrogens with one attached hydrogen (secondary N) is 3. The van der Waals surface area contributed by atoms with Crippen LogP contribution in [0.2, 0.25) is 0 Å². The maximum Gasteiger partial charge on any atom is 0.191 e. The van der Waals surface area contributed by atoms with E-state index >= 15 is 0 Å². The number of para-hydroxylation sites is 2. The molecule has 0 saturated carbocycles. The van der Waals surface area contributed by atoms with Crippen LogP contribution in [0.5, 0.6) is 0 Å². The van der Waals surface area contributed by atoms with Crippen LogP contribution in [-0.2, 0) is 13.0 Å². The van der Waals surface area contributed by atoms with E-state index in [2.05, 4.69) is 65.0 Å². The molecule has 0 radical (unpaired) electrons. The van der Waals surface area contributed by atoms with E-state index in [1.54, 1.807) is 11.8 Å². The molecular weight excluding hydrogens is 481 g/mol. The molecular formula is C21H28IN5S. The van der Waals surface area contributed by atoms with Crippen molar-refractivity contribution in [3.63, 3.8) is 0 Å². The van der Waals surface area contributed by atoms with Crippen LogP contribution < -0.4 is 10.6 Å². The van der Waals surface area contributed by atoms with Crippen molar-refractivity contribution >= 4 is 52.7 Å². The van der Waals surface area contributed by atoms with Crippen LogP contribution in [-0.4, -0.2) is 35.3 Å². The molecule has 7 heteroatoms. The lowest BCUT2D eigenvalue weighted by molar-refractivity contribution is 0.779. The Bertz CT molecular complexity index is 889. The summed E-state index contributed by atoms with van der Waals surface area (Å²) in [4.78, 5) is 14.0. The number of aromatic nitrogens is 2. The molecule has 1 heterocycles. The Hall–Kier alpha value is -1.74. The lowest BCUT2D eigenvalue weighted by Gasteiger charge is -2.12. The second-order valence-corrected chi connectivity index (χ2v) is 7.24. The number of aliphatic imine (C=N–C) groups is 1. The van der Waals surface area contributed by atoms with Gasteiger partial charge in [-0.3, -0.25) is 0 Å².